The minimum absolute atomic E-state index is 0.145. The van der Waals surface area contributed by atoms with Gasteiger partial charge in [0, 0.05) is 26.2 Å². The summed E-state index contributed by atoms with van der Waals surface area (Å²) in [6.45, 7) is 2.49. The maximum atomic E-state index is 12.3. The first-order valence-corrected chi connectivity index (χ1v) is 7.18. The topological polar surface area (TPSA) is 40.6 Å². The first-order chi connectivity index (χ1) is 8.01. The molecule has 0 spiro atoms. The van der Waals surface area contributed by atoms with Gasteiger partial charge in [-0.1, -0.05) is 17.7 Å². The smallest absolute Gasteiger partial charge is 0.244 e. The Labute approximate surface area is 107 Å². The Morgan fingerprint density at radius 1 is 1.29 bits per heavy atom. The van der Waals surface area contributed by atoms with Crippen molar-refractivity contribution >= 4 is 21.6 Å². The van der Waals surface area contributed by atoms with Gasteiger partial charge < -0.3 is 4.90 Å². The Kier molecular flexibility index (Phi) is 3.73. The van der Waals surface area contributed by atoms with E-state index in [0.717, 1.165) is 13.1 Å². The molecule has 1 aliphatic rings. The van der Waals surface area contributed by atoms with Crippen molar-refractivity contribution in [1.82, 2.24) is 9.21 Å². The van der Waals surface area contributed by atoms with E-state index in [2.05, 4.69) is 11.0 Å². The van der Waals surface area contributed by atoms with Crippen LogP contribution in [0.5, 0.6) is 0 Å². The normalized spacial score (nSPS) is 19.4. The third-order valence-corrected chi connectivity index (χ3v) is 5.24. The van der Waals surface area contributed by atoms with Gasteiger partial charge in [-0.05, 0) is 25.2 Å². The lowest BCUT2D eigenvalue weighted by Crippen LogP contribution is -2.47. The molecule has 0 aromatic heterocycles. The van der Waals surface area contributed by atoms with Gasteiger partial charge in [-0.2, -0.15) is 4.31 Å². The van der Waals surface area contributed by atoms with E-state index in [0.29, 0.717) is 13.1 Å². The van der Waals surface area contributed by atoms with E-state index >= 15 is 0 Å². The summed E-state index contributed by atoms with van der Waals surface area (Å²) in [5, 5.41) is 0.252. The lowest BCUT2D eigenvalue weighted by Gasteiger charge is -2.31. The molecule has 0 N–H and O–H groups in total. The second kappa shape index (κ2) is 4.94. The molecule has 1 radical (unpaired) electrons. The van der Waals surface area contributed by atoms with Gasteiger partial charge >= 0.3 is 0 Å². The van der Waals surface area contributed by atoms with Gasteiger partial charge in [0.25, 0.3) is 0 Å². The Balaban J connectivity index is 2.28. The molecule has 4 nitrogen and oxygen atoms in total. The minimum Gasteiger partial charge on any atom is -0.304 e. The molecule has 1 aromatic carbocycles. The fourth-order valence-electron chi connectivity index (χ4n) is 1.76. The molecule has 17 heavy (non-hydrogen) atoms. The molecule has 1 fully saturated rings. The van der Waals surface area contributed by atoms with Gasteiger partial charge in [0.15, 0.2) is 0 Å². The van der Waals surface area contributed by atoms with E-state index in [1.165, 1.54) is 10.4 Å². The average molecular weight is 274 g/mol. The number of hydrogen-bond donors (Lipinski definition) is 0. The number of piperazine rings is 1. The van der Waals surface area contributed by atoms with Crippen molar-refractivity contribution in [1.29, 1.82) is 0 Å². The predicted molar refractivity (Wildman–Crippen MR) is 66.5 cm³/mol. The lowest BCUT2D eigenvalue weighted by molar-refractivity contribution is 0.222. The fraction of sp³-hybridized carbons (Fsp3) is 0.455. The van der Waals surface area contributed by atoms with Crippen LogP contribution in [0.25, 0.3) is 0 Å². The van der Waals surface area contributed by atoms with Crippen molar-refractivity contribution < 1.29 is 8.42 Å². The van der Waals surface area contributed by atoms with E-state index in [1.54, 1.807) is 12.1 Å². The second-order valence-electron chi connectivity index (χ2n) is 4.06. The molecule has 0 atom stereocenters. The van der Waals surface area contributed by atoms with E-state index < -0.39 is 10.0 Å². The van der Waals surface area contributed by atoms with Gasteiger partial charge in [0.1, 0.15) is 4.90 Å². The molecule has 0 unspecified atom stereocenters. The van der Waals surface area contributed by atoms with Crippen molar-refractivity contribution in [3.05, 3.63) is 29.3 Å². The van der Waals surface area contributed by atoms with E-state index in [-0.39, 0.29) is 9.92 Å². The molecule has 0 bridgehead atoms. The fourth-order valence-corrected chi connectivity index (χ4v) is 3.63. The highest BCUT2D eigenvalue weighted by Crippen LogP contribution is 2.24. The van der Waals surface area contributed by atoms with Crippen molar-refractivity contribution in [3.8, 4) is 0 Å². The molecule has 93 valence electrons. The van der Waals surface area contributed by atoms with Gasteiger partial charge in [-0.25, -0.2) is 8.42 Å². The number of sulfonamides is 1. The quantitative estimate of drug-likeness (QED) is 0.810. The number of halogens is 1. The summed E-state index contributed by atoms with van der Waals surface area (Å²) in [5.41, 5.74) is 0. The number of rotatable bonds is 2. The monoisotopic (exact) mass is 273 g/mol. The summed E-state index contributed by atoms with van der Waals surface area (Å²) < 4.78 is 26.1. The molecule has 0 aliphatic carbocycles. The SMILES string of the molecule is CN1CCN(S(=O)(=O)c2c[c]ccc2Cl)CC1. The van der Waals surface area contributed by atoms with E-state index in [4.69, 9.17) is 11.6 Å². The summed E-state index contributed by atoms with van der Waals surface area (Å²) in [7, 11) is -1.49. The van der Waals surface area contributed by atoms with Crippen LogP contribution in [0.4, 0.5) is 0 Å². The molecule has 1 heterocycles. The van der Waals surface area contributed by atoms with Crippen LogP contribution in [0.3, 0.4) is 0 Å². The van der Waals surface area contributed by atoms with Crippen LogP contribution in [0.1, 0.15) is 0 Å². The van der Waals surface area contributed by atoms with Crippen LogP contribution >= 0.6 is 11.6 Å². The Hall–Kier alpha value is -0.620. The van der Waals surface area contributed by atoms with Crippen LogP contribution in [0.2, 0.25) is 5.02 Å². The van der Waals surface area contributed by atoms with E-state index in [9.17, 15) is 8.42 Å². The third kappa shape index (κ3) is 2.63. The van der Waals surface area contributed by atoms with Crippen LogP contribution in [-0.2, 0) is 10.0 Å². The Morgan fingerprint density at radius 2 is 1.94 bits per heavy atom. The maximum Gasteiger partial charge on any atom is 0.244 e. The standard InChI is InChI=1S/C11H14ClN2O2S/c1-13-6-8-14(9-7-13)17(15,16)11-5-3-2-4-10(11)12/h2,4-5H,6-9H2,1H3. The largest absolute Gasteiger partial charge is 0.304 e. The Bertz CT molecular complexity index is 496. The van der Waals surface area contributed by atoms with Crippen molar-refractivity contribution in [3.63, 3.8) is 0 Å². The first kappa shape index (κ1) is 12.8. The molecule has 6 heteroatoms. The summed E-state index contributed by atoms with van der Waals surface area (Å²) >= 11 is 5.92. The average Bonchev–Trinajstić information content (AvgIpc) is 2.30. The Morgan fingerprint density at radius 3 is 2.53 bits per heavy atom. The molecule has 0 saturated carbocycles. The highest BCUT2D eigenvalue weighted by molar-refractivity contribution is 7.89. The van der Waals surface area contributed by atoms with Crippen molar-refractivity contribution in [2.45, 2.75) is 4.90 Å². The summed E-state index contributed by atoms with van der Waals surface area (Å²) in [4.78, 5) is 2.25. The van der Waals surface area contributed by atoms with Crippen molar-refractivity contribution in [2.75, 3.05) is 33.2 Å². The third-order valence-electron chi connectivity index (χ3n) is 2.86. The van der Waals surface area contributed by atoms with Gasteiger partial charge in [-0.15, -0.1) is 0 Å². The van der Waals surface area contributed by atoms with Crippen LogP contribution in [0, 0.1) is 6.07 Å². The van der Waals surface area contributed by atoms with Gasteiger partial charge in [0.2, 0.25) is 10.0 Å². The zero-order valence-corrected chi connectivity index (χ0v) is 11.1. The lowest BCUT2D eigenvalue weighted by atomic mass is 10.4. The molecular weight excluding hydrogens is 260 g/mol. The molecule has 1 aromatic rings. The first-order valence-electron chi connectivity index (χ1n) is 5.36. The zero-order valence-electron chi connectivity index (χ0n) is 9.56. The van der Waals surface area contributed by atoms with Crippen LogP contribution in [-0.4, -0.2) is 50.8 Å². The molecular formula is C11H14ClN2O2S. The minimum atomic E-state index is -3.47. The molecule has 1 saturated heterocycles. The van der Waals surface area contributed by atoms with Crippen molar-refractivity contribution in [2.24, 2.45) is 0 Å². The van der Waals surface area contributed by atoms with Gasteiger partial charge in [0.05, 0.1) is 5.02 Å². The zero-order chi connectivity index (χ0) is 12.5. The van der Waals surface area contributed by atoms with Crippen LogP contribution < -0.4 is 0 Å². The van der Waals surface area contributed by atoms with Crippen LogP contribution in [0.15, 0.2) is 23.1 Å². The number of benzene rings is 1. The molecule has 2 rings (SSSR count). The number of hydrogen-bond acceptors (Lipinski definition) is 3. The highest BCUT2D eigenvalue weighted by Gasteiger charge is 2.28. The number of nitrogens with zero attached hydrogens (tertiary/aromatic N) is 2. The molecule has 0 amide bonds. The predicted octanol–water partition coefficient (Wildman–Crippen LogP) is 1.08. The number of likely N-dealkylation sites (N-methyl/N-ethyl adjacent to an activating group) is 1. The molecule has 1 aliphatic heterocycles. The van der Waals surface area contributed by atoms with Gasteiger partial charge in [-0.3, -0.25) is 0 Å². The summed E-state index contributed by atoms with van der Waals surface area (Å²) in [5.74, 6) is 0. The highest BCUT2D eigenvalue weighted by atomic mass is 35.5. The summed E-state index contributed by atoms with van der Waals surface area (Å²) in [6, 6.07) is 7.33. The summed E-state index contributed by atoms with van der Waals surface area (Å²) in [6.07, 6.45) is 0. The second-order valence-corrected chi connectivity index (χ2v) is 6.38. The maximum absolute atomic E-state index is 12.3. The van der Waals surface area contributed by atoms with E-state index in [1.807, 2.05) is 7.05 Å².